The fourth-order valence-corrected chi connectivity index (χ4v) is 2.74. The highest BCUT2D eigenvalue weighted by Gasteiger charge is 2.24. The number of nitrogens with two attached hydrogens (primary N) is 1. The zero-order valence-electron chi connectivity index (χ0n) is 13.2. The molecular weight excluding hydrogens is 268 g/mol. The molecule has 1 fully saturated rings. The van der Waals surface area contributed by atoms with Gasteiger partial charge in [0.05, 0.1) is 6.61 Å². The van der Waals surface area contributed by atoms with Crippen molar-refractivity contribution in [2.45, 2.75) is 52.0 Å². The quantitative estimate of drug-likeness (QED) is 0.612. The van der Waals surface area contributed by atoms with Crippen LogP contribution in [0.25, 0.3) is 0 Å². The molecule has 1 saturated carbocycles. The molecule has 1 aliphatic rings. The van der Waals surface area contributed by atoms with Gasteiger partial charge in [0.2, 0.25) is 11.9 Å². The fourth-order valence-electron chi connectivity index (χ4n) is 2.74. The molecule has 118 valence electrons. The Morgan fingerprint density at radius 1 is 1.33 bits per heavy atom. The topological polar surface area (TPSA) is 89.2 Å². The van der Waals surface area contributed by atoms with Crippen LogP contribution in [0.1, 0.15) is 46.0 Å². The van der Waals surface area contributed by atoms with Crippen molar-refractivity contribution in [3.8, 4) is 6.01 Å². The minimum Gasteiger partial charge on any atom is -0.463 e. The molecule has 7 nitrogen and oxygen atoms in total. The summed E-state index contributed by atoms with van der Waals surface area (Å²) in [6.07, 6.45) is 5.80. The smallest absolute Gasteiger partial charge is 0.323 e. The van der Waals surface area contributed by atoms with Crippen LogP contribution in [0.5, 0.6) is 6.01 Å². The minimum absolute atomic E-state index is 0.325. The van der Waals surface area contributed by atoms with Crippen LogP contribution in [-0.2, 0) is 0 Å². The van der Waals surface area contributed by atoms with E-state index >= 15 is 0 Å². The largest absolute Gasteiger partial charge is 0.463 e. The van der Waals surface area contributed by atoms with Gasteiger partial charge < -0.3 is 9.64 Å². The van der Waals surface area contributed by atoms with Crippen molar-refractivity contribution in [2.24, 2.45) is 11.8 Å². The van der Waals surface area contributed by atoms with E-state index in [1.165, 1.54) is 25.7 Å². The summed E-state index contributed by atoms with van der Waals surface area (Å²) in [4.78, 5) is 15.0. The Balaban J connectivity index is 2.16. The molecule has 0 aliphatic heterocycles. The summed E-state index contributed by atoms with van der Waals surface area (Å²) in [7, 11) is 2.03. The van der Waals surface area contributed by atoms with E-state index in [9.17, 15) is 0 Å². The Morgan fingerprint density at radius 3 is 2.81 bits per heavy atom. The van der Waals surface area contributed by atoms with E-state index in [1.807, 2.05) is 14.0 Å². The maximum atomic E-state index is 5.51. The van der Waals surface area contributed by atoms with Gasteiger partial charge in [0.25, 0.3) is 0 Å². The first-order valence-corrected chi connectivity index (χ1v) is 7.72. The zero-order valence-corrected chi connectivity index (χ0v) is 13.2. The molecule has 2 atom stereocenters. The van der Waals surface area contributed by atoms with E-state index in [2.05, 4.69) is 32.2 Å². The van der Waals surface area contributed by atoms with Gasteiger partial charge in [0.1, 0.15) is 0 Å². The third-order valence-corrected chi connectivity index (χ3v) is 3.94. The molecule has 21 heavy (non-hydrogen) atoms. The number of nitrogens with zero attached hydrogens (tertiary/aromatic N) is 4. The van der Waals surface area contributed by atoms with Crippen molar-refractivity contribution in [3.05, 3.63) is 0 Å². The summed E-state index contributed by atoms with van der Waals surface area (Å²) in [5.74, 6) is 7.14. The van der Waals surface area contributed by atoms with E-state index in [0.717, 1.165) is 12.3 Å². The molecule has 2 rings (SSSR count). The average molecular weight is 294 g/mol. The SMILES string of the molecule is CCCOc1nc(NN)nc(N(C)C2CCCC(C)C2)n1. The number of nitrogens with one attached hydrogen (secondary N) is 1. The maximum absolute atomic E-state index is 5.51. The van der Waals surface area contributed by atoms with E-state index in [1.54, 1.807) is 0 Å². The van der Waals surface area contributed by atoms with Gasteiger partial charge in [0.15, 0.2) is 0 Å². The molecule has 1 aromatic rings. The Hall–Kier alpha value is -1.63. The van der Waals surface area contributed by atoms with Crippen molar-refractivity contribution < 1.29 is 4.74 Å². The van der Waals surface area contributed by atoms with Crippen molar-refractivity contribution in [2.75, 3.05) is 24.0 Å². The zero-order chi connectivity index (χ0) is 15.2. The molecule has 1 aliphatic carbocycles. The third-order valence-electron chi connectivity index (χ3n) is 3.94. The molecule has 0 spiro atoms. The molecule has 0 aromatic carbocycles. The molecule has 0 bridgehead atoms. The summed E-state index contributed by atoms with van der Waals surface area (Å²) in [5.41, 5.74) is 2.48. The molecular formula is C14H26N6O. The van der Waals surface area contributed by atoms with Crippen LogP contribution in [0.4, 0.5) is 11.9 Å². The summed E-state index contributed by atoms with van der Waals surface area (Å²) in [6.45, 7) is 4.92. The van der Waals surface area contributed by atoms with Gasteiger partial charge in [-0.15, -0.1) is 0 Å². The Kier molecular flexibility index (Phi) is 5.55. The van der Waals surface area contributed by atoms with Crippen LogP contribution in [0.3, 0.4) is 0 Å². The second-order valence-corrected chi connectivity index (χ2v) is 5.77. The van der Waals surface area contributed by atoms with Gasteiger partial charge in [-0.2, -0.15) is 15.0 Å². The standard InChI is InChI=1S/C14H26N6O/c1-4-8-21-14-17-12(19-15)16-13(18-14)20(3)11-7-5-6-10(2)9-11/h10-11H,4-9,15H2,1-3H3,(H,16,17,18,19). The summed E-state index contributed by atoms with van der Waals surface area (Å²) >= 11 is 0. The number of hydrogen-bond donors (Lipinski definition) is 2. The Bertz CT molecular complexity index is 455. The summed E-state index contributed by atoms with van der Waals surface area (Å²) in [6, 6.07) is 0.784. The lowest BCUT2D eigenvalue weighted by atomic mass is 9.86. The molecule has 2 unspecified atom stereocenters. The van der Waals surface area contributed by atoms with Crippen molar-refractivity contribution in [1.82, 2.24) is 15.0 Å². The van der Waals surface area contributed by atoms with Crippen molar-refractivity contribution >= 4 is 11.9 Å². The lowest BCUT2D eigenvalue weighted by Gasteiger charge is -2.34. The lowest BCUT2D eigenvalue weighted by molar-refractivity contribution is 0.290. The molecule has 0 amide bonds. The Labute approximate surface area is 126 Å². The van der Waals surface area contributed by atoms with Gasteiger partial charge in [-0.3, -0.25) is 5.43 Å². The summed E-state index contributed by atoms with van der Waals surface area (Å²) in [5, 5.41) is 0. The molecule has 7 heteroatoms. The average Bonchev–Trinajstić information content (AvgIpc) is 2.51. The van der Waals surface area contributed by atoms with E-state index in [0.29, 0.717) is 30.6 Å². The second kappa shape index (κ2) is 7.40. The predicted octanol–water partition coefficient (Wildman–Crippen LogP) is 1.96. The predicted molar refractivity (Wildman–Crippen MR) is 83.2 cm³/mol. The number of ether oxygens (including phenoxy) is 1. The van der Waals surface area contributed by atoms with Crippen LogP contribution < -0.4 is 20.9 Å². The normalized spacial score (nSPS) is 21.9. The first-order chi connectivity index (χ1) is 10.1. The van der Waals surface area contributed by atoms with Crippen LogP contribution in [0.2, 0.25) is 0 Å². The number of aromatic nitrogens is 3. The molecule has 0 saturated heterocycles. The highest BCUT2D eigenvalue weighted by atomic mass is 16.5. The maximum Gasteiger partial charge on any atom is 0.323 e. The molecule has 1 aromatic heterocycles. The number of nitrogen functional groups attached to an aromatic ring is 1. The van der Waals surface area contributed by atoms with E-state index in [-0.39, 0.29) is 0 Å². The van der Waals surface area contributed by atoms with Crippen LogP contribution in [0, 0.1) is 5.92 Å². The van der Waals surface area contributed by atoms with Gasteiger partial charge in [-0.1, -0.05) is 26.7 Å². The molecule has 0 radical (unpaired) electrons. The Morgan fingerprint density at radius 2 is 2.14 bits per heavy atom. The summed E-state index contributed by atoms with van der Waals surface area (Å²) < 4.78 is 5.51. The third kappa shape index (κ3) is 4.17. The van der Waals surface area contributed by atoms with Gasteiger partial charge in [-0.25, -0.2) is 5.84 Å². The van der Waals surface area contributed by atoms with Gasteiger partial charge >= 0.3 is 6.01 Å². The van der Waals surface area contributed by atoms with Crippen LogP contribution in [-0.4, -0.2) is 34.6 Å². The minimum atomic E-state index is 0.325. The molecule has 3 N–H and O–H groups in total. The molecule has 1 heterocycles. The number of hydrazine groups is 1. The lowest BCUT2D eigenvalue weighted by Crippen LogP contribution is -2.37. The number of hydrogen-bond acceptors (Lipinski definition) is 7. The highest BCUT2D eigenvalue weighted by Crippen LogP contribution is 2.28. The second-order valence-electron chi connectivity index (χ2n) is 5.77. The van der Waals surface area contributed by atoms with Gasteiger partial charge in [-0.05, 0) is 25.2 Å². The van der Waals surface area contributed by atoms with Crippen LogP contribution in [0.15, 0.2) is 0 Å². The highest BCUT2D eigenvalue weighted by molar-refractivity contribution is 5.38. The van der Waals surface area contributed by atoms with E-state index in [4.69, 9.17) is 10.6 Å². The first-order valence-electron chi connectivity index (χ1n) is 7.72. The van der Waals surface area contributed by atoms with Crippen molar-refractivity contribution in [1.29, 1.82) is 0 Å². The fraction of sp³-hybridized carbons (Fsp3) is 0.786. The number of rotatable bonds is 6. The van der Waals surface area contributed by atoms with Crippen molar-refractivity contribution in [3.63, 3.8) is 0 Å². The monoisotopic (exact) mass is 294 g/mol. The number of anilines is 2. The first kappa shape index (κ1) is 15.8. The van der Waals surface area contributed by atoms with Gasteiger partial charge in [0, 0.05) is 13.1 Å². The van der Waals surface area contributed by atoms with Crippen LogP contribution >= 0.6 is 0 Å². The van der Waals surface area contributed by atoms with E-state index < -0.39 is 0 Å².